The van der Waals surface area contributed by atoms with E-state index in [0.29, 0.717) is 6.54 Å². The van der Waals surface area contributed by atoms with E-state index in [4.69, 9.17) is 5.73 Å². The number of pyridine rings is 1. The van der Waals surface area contributed by atoms with Crippen LogP contribution in [0.15, 0.2) is 30.7 Å². The second-order valence-electron chi connectivity index (χ2n) is 5.27. The molecule has 0 bridgehead atoms. The first-order valence-corrected chi connectivity index (χ1v) is 6.40. The zero-order chi connectivity index (χ0) is 14.8. The minimum absolute atomic E-state index is 0.188. The van der Waals surface area contributed by atoms with Crippen molar-refractivity contribution in [1.82, 2.24) is 19.9 Å². The highest BCUT2D eigenvalue weighted by atomic mass is 16.2. The Hall–Kier alpha value is -2.21. The van der Waals surface area contributed by atoms with Gasteiger partial charge in [-0.1, -0.05) is 6.07 Å². The van der Waals surface area contributed by atoms with Gasteiger partial charge in [-0.15, -0.1) is 0 Å². The number of aryl methyl sites for hydroxylation is 1. The summed E-state index contributed by atoms with van der Waals surface area (Å²) in [4.78, 5) is 20.2. The van der Waals surface area contributed by atoms with Crippen molar-refractivity contribution in [3.63, 3.8) is 0 Å². The van der Waals surface area contributed by atoms with Crippen LogP contribution in [0.3, 0.4) is 0 Å². The lowest BCUT2D eigenvalue weighted by atomic mass is 10.1. The normalized spacial score (nSPS) is 11.4. The summed E-state index contributed by atoms with van der Waals surface area (Å²) < 4.78 is 1.89. The highest BCUT2D eigenvalue weighted by Crippen LogP contribution is 2.08. The molecule has 0 aromatic carbocycles. The summed E-state index contributed by atoms with van der Waals surface area (Å²) in [6, 6.07) is 3.81. The Balaban J connectivity index is 2.03. The van der Waals surface area contributed by atoms with Crippen LogP contribution in [-0.4, -0.2) is 26.0 Å². The number of hydrogen-bond donors (Lipinski definition) is 2. The van der Waals surface area contributed by atoms with Crippen molar-refractivity contribution in [1.29, 1.82) is 0 Å². The number of carbonyl (C=O) groups is 1. The summed E-state index contributed by atoms with van der Waals surface area (Å²) in [7, 11) is 0. The number of carbonyl (C=O) groups excluding carboxylic acids is 1. The van der Waals surface area contributed by atoms with Crippen LogP contribution in [0.1, 0.15) is 25.2 Å². The second-order valence-corrected chi connectivity index (χ2v) is 5.27. The van der Waals surface area contributed by atoms with Gasteiger partial charge in [-0.25, -0.2) is 9.97 Å². The molecule has 0 atom stereocenters. The third-order valence-corrected chi connectivity index (χ3v) is 2.92. The van der Waals surface area contributed by atoms with E-state index in [1.807, 2.05) is 29.8 Å². The SMILES string of the molecule is Cc1nccn1-c1ccc(CNC(=O)C(C)(C)N)cn1. The number of imidazole rings is 1. The fraction of sp³-hybridized carbons (Fsp3) is 0.357. The van der Waals surface area contributed by atoms with Crippen LogP contribution in [0.2, 0.25) is 0 Å². The van der Waals surface area contributed by atoms with Gasteiger partial charge in [-0.3, -0.25) is 9.36 Å². The van der Waals surface area contributed by atoms with Gasteiger partial charge in [0.2, 0.25) is 5.91 Å². The van der Waals surface area contributed by atoms with E-state index in [1.165, 1.54) is 0 Å². The van der Waals surface area contributed by atoms with Crippen molar-refractivity contribution in [3.05, 3.63) is 42.1 Å². The molecule has 6 heteroatoms. The molecule has 6 nitrogen and oxygen atoms in total. The molecule has 0 aliphatic heterocycles. The molecule has 2 aromatic heterocycles. The Morgan fingerprint density at radius 2 is 2.15 bits per heavy atom. The summed E-state index contributed by atoms with van der Waals surface area (Å²) in [5, 5.41) is 2.78. The van der Waals surface area contributed by atoms with E-state index >= 15 is 0 Å². The molecule has 0 saturated heterocycles. The number of aromatic nitrogens is 3. The van der Waals surface area contributed by atoms with Crippen LogP contribution in [0, 0.1) is 6.92 Å². The fourth-order valence-corrected chi connectivity index (χ4v) is 1.69. The molecular weight excluding hydrogens is 254 g/mol. The quantitative estimate of drug-likeness (QED) is 0.867. The zero-order valence-corrected chi connectivity index (χ0v) is 11.9. The van der Waals surface area contributed by atoms with Crippen molar-refractivity contribution < 1.29 is 4.79 Å². The highest BCUT2D eigenvalue weighted by molar-refractivity contribution is 5.84. The average molecular weight is 273 g/mol. The van der Waals surface area contributed by atoms with Crippen LogP contribution in [-0.2, 0) is 11.3 Å². The van der Waals surface area contributed by atoms with Crippen molar-refractivity contribution in [2.75, 3.05) is 0 Å². The third-order valence-electron chi connectivity index (χ3n) is 2.92. The standard InChI is InChI=1S/C14H19N5O/c1-10-16-6-7-19(10)12-5-4-11(8-17-12)9-18-13(20)14(2,3)15/h4-8H,9,15H2,1-3H3,(H,18,20). The molecule has 20 heavy (non-hydrogen) atoms. The molecule has 2 aromatic rings. The smallest absolute Gasteiger partial charge is 0.239 e. The van der Waals surface area contributed by atoms with E-state index < -0.39 is 5.54 Å². The summed E-state index contributed by atoms with van der Waals surface area (Å²) in [6.07, 6.45) is 5.32. The Morgan fingerprint density at radius 3 is 2.65 bits per heavy atom. The number of nitrogens with zero attached hydrogens (tertiary/aromatic N) is 3. The lowest BCUT2D eigenvalue weighted by Crippen LogP contribution is -2.48. The van der Waals surface area contributed by atoms with Crippen molar-refractivity contribution in [3.8, 4) is 5.82 Å². The van der Waals surface area contributed by atoms with Gasteiger partial charge in [0.1, 0.15) is 11.6 Å². The molecule has 0 unspecified atom stereocenters. The molecule has 0 aliphatic rings. The molecule has 0 saturated carbocycles. The van der Waals surface area contributed by atoms with Crippen LogP contribution in [0.5, 0.6) is 0 Å². The lowest BCUT2D eigenvalue weighted by Gasteiger charge is -2.17. The molecule has 2 rings (SSSR count). The van der Waals surface area contributed by atoms with Crippen molar-refractivity contribution in [2.24, 2.45) is 5.73 Å². The van der Waals surface area contributed by atoms with E-state index in [-0.39, 0.29) is 5.91 Å². The maximum absolute atomic E-state index is 11.7. The summed E-state index contributed by atoms with van der Waals surface area (Å²) in [5.74, 6) is 1.49. The Labute approximate surface area is 118 Å². The maximum atomic E-state index is 11.7. The van der Waals surface area contributed by atoms with Gasteiger partial charge in [0.15, 0.2) is 0 Å². The largest absolute Gasteiger partial charge is 0.350 e. The van der Waals surface area contributed by atoms with Gasteiger partial charge in [0, 0.05) is 25.1 Å². The molecule has 106 valence electrons. The first-order valence-electron chi connectivity index (χ1n) is 6.40. The molecule has 3 N–H and O–H groups in total. The first kappa shape index (κ1) is 14.2. The van der Waals surface area contributed by atoms with Gasteiger partial charge < -0.3 is 11.1 Å². The molecular formula is C14H19N5O. The number of rotatable bonds is 4. The molecule has 2 heterocycles. The summed E-state index contributed by atoms with van der Waals surface area (Å²) in [5.41, 5.74) is 5.76. The van der Waals surface area contributed by atoms with Gasteiger partial charge >= 0.3 is 0 Å². The average Bonchev–Trinajstić information content (AvgIpc) is 2.82. The van der Waals surface area contributed by atoms with Crippen LogP contribution in [0.4, 0.5) is 0 Å². The molecule has 1 amide bonds. The first-order chi connectivity index (χ1) is 9.38. The van der Waals surface area contributed by atoms with E-state index in [0.717, 1.165) is 17.2 Å². The van der Waals surface area contributed by atoms with Gasteiger partial charge in [-0.05, 0) is 32.4 Å². The minimum Gasteiger partial charge on any atom is -0.350 e. The number of nitrogens with two attached hydrogens (primary N) is 1. The highest BCUT2D eigenvalue weighted by Gasteiger charge is 2.21. The molecule has 0 radical (unpaired) electrons. The predicted octanol–water partition coefficient (Wildman–Crippen LogP) is 0.929. The number of amides is 1. The fourth-order valence-electron chi connectivity index (χ4n) is 1.69. The molecule has 0 aliphatic carbocycles. The third kappa shape index (κ3) is 3.21. The summed E-state index contributed by atoms with van der Waals surface area (Å²) >= 11 is 0. The molecule has 0 fully saturated rings. The van der Waals surface area contributed by atoms with Crippen molar-refractivity contribution >= 4 is 5.91 Å². The second kappa shape index (κ2) is 5.42. The van der Waals surface area contributed by atoms with E-state index in [9.17, 15) is 4.79 Å². The van der Waals surface area contributed by atoms with Gasteiger partial charge in [0.25, 0.3) is 0 Å². The van der Waals surface area contributed by atoms with Crippen molar-refractivity contribution in [2.45, 2.75) is 32.9 Å². The Morgan fingerprint density at radius 1 is 1.40 bits per heavy atom. The predicted molar refractivity (Wildman–Crippen MR) is 76.2 cm³/mol. The maximum Gasteiger partial charge on any atom is 0.239 e. The van der Waals surface area contributed by atoms with Crippen LogP contribution < -0.4 is 11.1 Å². The Bertz CT molecular complexity index is 595. The zero-order valence-electron chi connectivity index (χ0n) is 11.9. The Kier molecular flexibility index (Phi) is 3.85. The summed E-state index contributed by atoms with van der Waals surface area (Å²) in [6.45, 7) is 5.67. The topological polar surface area (TPSA) is 85.8 Å². The monoisotopic (exact) mass is 273 g/mol. The van der Waals surface area contributed by atoms with Crippen LogP contribution in [0.25, 0.3) is 5.82 Å². The van der Waals surface area contributed by atoms with Crippen LogP contribution >= 0.6 is 0 Å². The van der Waals surface area contributed by atoms with Gasteiger partial charge in [0.05, 0.1) is 5.54 Å². The van der Waals surface area contributed by atoms with E-state index in [1.54, 1.807) is 26.2 Å². The number of nitrogens with one attached hydrogen (secondary N) is 1. The number of hydrogen-bond acceptors (Lipinski definition) is 4. The van der Waals surface area contributed by atoms with E-state index in [2.05, 4.69) is 15.3 Å². The lowest BCUT2D eigenvalue weighted by molar-refractivity contribution is -0.125. The van der Waals surface area contributed by atoms with Gasteiger partial charge in [-0.2, -0.15) is 0 Å². The minimum atomic E-state index is -0.874. The molecule has 0 spiro atoms.